The van der Waals surface area contributed by atoms with Crippen molar-refractivity contribution in [1.29, 1.82) is 0 Å². The SMILES string of the molecule is NCC1CCCN1S(=O)(=O)c1ccc(C(F)(F)F)cc1Cl. The number of halogens is 4. The van der Waals surface area contributed by atoms with Crippen molar-refractivity contribution in [1.82, 2.24) is 4.31 Å². The molecule has 1 heterocycles. The fourth-order valence-corrected chi connectivity index (χ4v) is 4.60. The quantitative estimate of drug-likeness (QED) is 0.917. The standard InChI is InChI=1S/C12H14ClF3N2O2S/c13-10-6-8(12(14,15)16)3-4-11(10)21(19,20)18-5-1-2-9(18)7-17/h3-4,6,9H,1-2,5,7,17H2. The van der Waals surface area contributed by atoms with E-state index < -0.39 is 26.8 Å². The minimum Gasteiger partial charge on any atom is -0.329 e. The van der Waals surface area contributed by atoms with Gasteiger partial charge in [0.2, 0.25) is 10.0 Å². The van der Waals surface area contributed by atoms with Crippen LogP contribution in [0.4, 0.5) is 13.2 Å². The van der Waals surface area contributed by atoms with Crippen LogP contribution in [-0.2, 0) is 16.2 Å². The summed E-state index contributed by atoms with van der Waals surface area (Å²) in [6, 6.07) is 1.90. The third-order valence-corrected chi connectivity index (χ3v) is 5.88. The second-order valence-corrected chi connectivity index (χ2v) is 7.06. The van der Waals surface area contributed by atoms with E-state index in [-0.39, 0.29) is 17.5 Å². The maximum Gasteiger partial charge on any atom is 0.416 e. The van der Waals surface area contributed by atoms with Crippen LogP contribution in [0.5, 0.6) is 0 Å². The molecule has 4 nitrogen and oxygen atoms in total. The predicted octanol–water partition coefficient (Wildman–Crippen LogP) is 2.47. The summed E-state index contributed by atoms with van der Waals surface area (Å²) in [6.45, 7) is 0.457. The van der Waals surface area contributed by atoms with Crippen molar-refractivity contribution in [3.8, 4) is 0 Å². The lowest BCUT2D eigenvalue weighted by Crippen LogP contribution is -2.39. The molecule has 0 aromatic heterocycles. The van der Waals surface area contributed by atoms with Gasteiger partial charge in [-0.2, -0.15) is 17.5 Å². The molecule has 118 valence electrons. The monoisotopic (exact) mass is 342 g/mol. The molecule has 1 atom stereocenters. The van der Waals surface area contributed by atoms with Crippen LogP contribution in [0.1, 0.15) is 18.4 Å². The van der Waals surface area contributed by atoms with Gasteiger partial charge in [-0.25, -0.2) is 8.42 Å². The largest absolute Gasteiger partial charge is 0.416 e. The van der Waals surface area contributed by atoms with E-state index in [2.05, 4.69) is 0 Å². The minimum atomic E-state index is -4.57. The van der Waals surface area contributed by atoms with E-state index in [0.29, 0.717) is 31.5 Å². The summed E-state index contributed by atoms with van der Waals surface area (Å²) >= 11 is 5.75. The van der Waals surface area contributed by atoms with E-state index in [1.807, 2.05) is 0 Å². The number of hydrogen-bond donors (Lipinski definition) is 1. The van der Waals surface area contributed by atoms with Crippen molar-refractivity contribution >= 4 is 21.6 Å². The Kier molecular flexibility index (Phi) is 4.53. The first kappa shape index (κ1) is 16.5. The lowest BCUT2D eigenvalue weighted by atomic mass is 10.2. The van der Waals surface area contributed by atoms with Crippen LogP contribution in [0, 0.1) is 0 Å². The smallest absolute Gasteiger partial charge is 0.329 e. The molecule has 1 unspecified atom stereocenters. The fraction of sp³-hybridized carbons (Fsp3) is 0.500. The van der Waals surface area contributed by atoms with Crippen LogP contribution in [0.15, 0.2) is 23.1 Å². The van der Waals surface area contributed by atoms with Crippen LogP contribution < -0.4 is 5.73 Å². The molecular weight excluding hydrogens is 329 g/mol. The van der Waals surface area contributed by atoms with Crippen molar-refractivity contribution in [3.63, 3.8) is 0 Å². The summed E-state index contributed by atoms with van der Waals surface area (Å²) in [5, 5.41) is -0.438. The molecule has 2 N–H and O–H groups in total. The van der Waals surface area contributed by atoms with Crippen LogP contribution in [-0.4, -0.2) is 31.9 Å². The van der Waals surface area contributed by atoms with E-state index in [4.69, 9.17) is 17.3 Å². The van der Waals surface area contributed by atoms with Gasteiger partial charge in [0.15, 0.2) is 0 Å². The second-order valence-electron chi connectivity index (χ2n) is 4.79. The van der Waals surface area contributed by atoms with Gasteiger partial charge in [0.1, 0.15) is 4.90 Å². The Morgan fingerprint density at radius 2 is 2.05 bits per heavy atom. The Labute approximate surface area is 125 Å². The third kappa shape index (κ3) is 3.18. The Hall–Kier alpha value is -0.830. The van der Waals surface area contributed by atoms with Crippen molar-refractivity contribution in [2.75, 3.05) is 13.1 Å². The lowest BCUT2D eigenvalue weighted by molar-refractivity contribution is -0.137. The van der Waals surface area contributed by atoms with Crippen LogP contribution in [0.2, 0.25) is 5.02 Å². The third-order valence-electron chi connectivity index (χ3n) is 3.44. The van der Waals surface area contributed by atoms with Gasteiger partial charge >= 0.3 is 6.18 Å². The molecule has 0 radical (unpaired) electrons. The van der Waals surface area contributed by atoms with Crippen molar-refractivity contribution < 1.29 is 21.6 Å². The topological polar surface area (TPSA) is 63.4 Å². The lowest BCUT2D eigenvalue weighted by Gasteiger charge is -2.23. The highest BCUT2D eigenvalue weighted by Gasteiger charge is 2.37. The Morgan fingerprint density at radius 1 is 1.38 bits per heavy atom. The molecule has 0 bridgehead atoms. The van der Waals surface area contributed by atoms with Gasteiger partial charge in [0, 0.05) is 19.1 Å². The number of nitrogens with zero attached hydrogens (tertiary/aromatic N) is 1. The molecule has 0 amide bonds. The predicted molar refractivity (Wildman–Crippen MR) is 72.4 cm³/mol. The Bertz CT molecular complexity index is 634. The fourth-order valence-electron chi connectivity index (χ4n) is 2.37. The summed E-state index contributed by atoms with van der Waals surface area (Å²) in [6.07, 6.45) is -3.27. The van der Waals surface area contributed by atoms with E-state index in [9.17, 15) is 21.6 Å². The average Bonchev–Trinajstić information content (AvgIpc) is 2.86. The first-order chi connectivity index (χ1) is 9.67. The summed E-state index contributed by atoms with van der Waals surface area (Å²) in [5.74, 6) is 0. The van der Waals surface area contributed by atoms with Gasteiger partial charge in [-0.3, -0.25) is 0 Å². The van der Waals surface area contributed by atoms with Crippen molar-refractivity contribution in [3.05, 3.63) is 28.8 Å². The van der Waals surface area contributed by atoms with Gasteiger partial charge in [0.05, 0.1) is 10.6 Å². The molecule has 0 spiro atoms. The molecule has 1 aromatic rings. The molecule has 9 heteroatoms. The van der Waals surface area contributed by atoms with Crippen LogP contribution in [0.3, 0.4) is 0 Å². The minimum absolute atomic E-state index is 0.164. The van der Waals surface area contributed by atoms with Crippen molar-refractivity contribution in [2.24, 2.45) is 5.73 Å². The van der Waals surface area contributed by atoms with Crippen LogP contribution in [0.25, 0.3) is 0 Å². The van der Waals surface area contributed by atoms with Gasteiger partial charge in [-0.1, -0.05) is 11.6 Å². The molecule has 0 saturated carbocycles. The Balaban J connectivity index is 2.42. The number of hydrogen-bond acceptors (Lipinski definition) is 3. The van der Waals surface area contributed by atoms with E-state index >= 15 is 0 Å². The number of rotatable bonds is 3. The first-order valence-electron chi connectivity index (χ1n) is 6.26. The highest BCUT2D eigenvalue weighted by molar-refractivity contribution is 7.89. The Morgan fingerprint density at radius 3 is 2.57 bits per heavy atom. The molecule has 21 heavy (non-hydrogen) atoms. The highest BCUT2D eigenvalue weighted by Crippen LogP contribution is 2.35. The number of sulfonamides is 1. The molecule has 1 aliphatic rings. The maximum absolute atomic E-state index is 12.6. The molecule has 1 saturated heterocycles. The van der Waals surface area contributed by atoms with Crippen LogP contribution >= 0.6 is 11.6 Å². The maximum atomic E-state index is 12.6. The molecular formula is C12H14ClF3N2O2S. The summed E-state index contributed by atoms with van der Waals surface area (Å²) in [4.78, 5) is -0.322. The molecule has 1 aromatic carbocycles. The van der Waals surface area contributed by atoms with Gasteiger partial charge in [-0.15, -0.1) is 0 Å². The van der Waals surface area contributed by atoms with Gasteiger partial charge in [-0.05, 0) is 31.0 Å². The molecule has 2 rings (SSSR count). The molecule has 1 fully saturated rings. The number of alkyl halides is 3. The molecule has 0 aliphatic carbocycles. The summed E-state index contributed by atoms with van der Waals surface area (Å²) in [5.41, 5.74) is 4.55. The zero-order chi connectivity index (χ0) is 15.8. The van der Waals surface area contributed by atoms with Crippen molar-refractivity contribution in [2.45, 2.75) is 30.0 Å². The van der Waals surface area contributed by atoms with Gasteiger partial charge < -0.3 is 5.73 Å². The average molecular weight is 343 g/mol. The summed E-state index contributed by atoms with van der Waals surface area (Å²) < 4.78 is 63.9. The molecule has 1 aliphatic heterocycles. The number of nitrogens with two attached hydrogens (primary N) is 1. The second kappa shape index (κ2) is 5.75. The zero-order valence-electron chi connectivity index (χ0n) is 10.9. The first-order valence-corrected chi connectivity index (χ1v) is 8.08. The normalized spacial score (nSPS) is 20.9. The number of benzene rings is 1. The summed E-state index contributed by atoms with van der Waals surface area (Å²) in [7, 11) is -3.94. The highest BCUT2D eigenvalue weighted by atomic mass is 35.5. The van der Waals surface area contributed by atoms with E-state index in [1.165, 1.54) is 4.31 Å². The van der Waals surface area contributed by atoms with Gasteiger partial charge in [0.25, 0.3) is 0 Å². The van der Waals surface area contributed by atoms with E-state index in [1.54, 1.807) is 0 Å². The van der Waals surface area contributed by atoms with E-state index in [0.717, 1.165) is 6.07 Å². The zero-order valence-corrected chi connectivity index (χ0v) is 12.5.